The van der Waals surface area contributed by atoms with Crippen molar-refractivity contribution >= 4 is 22.9 Å². The summed E-state index contributed by atoms with van der Waals surface area (Å²) in [5.74, 6) is 0.273. The van der Waals surface area contributed by atoms with Crippen LogP contribution in [0.5, 0.6) is 0 Å². The largest absolute Gasteiger partial charge is 0.417 e. The number of rotatable bonds is 3. The molecule has 0 saturated heterocycles. The van der Waals surface area contributed by atoms with Gasteiger partial charge in [-0.3, -0.25) is 0 Å². The number of thiophene rings is 1. The van der Waals surface area contributed by atoms with Gasteiger partial charge in [0.2, 0.25) is 0 Å². The molecule has 0 unspecified atom stereocenters. The SMILES string of the molecule is Cc1[nH]c(-c2ccc(-c3ccc(Cl)c(C(F)(F)F)c3)s2)nc1-c1ccc(F)cc1. The van der Waals surface area contributed by atoms with Crippen molar-refractivity contribution in [3.63, 3.8) is 0 Å². The molecule has 2 heterocycles. The maximum absolute atomic E-state index is 13.2. The van der Waals surface area contributed by atoms with Gasteiger partial charge < -0.3 is 4.98 Å². The Kier molecular flexibility index (Phi) is 4.96. The fourth-order valence-corrected chi connectivity index (χ4v) is 4.15. The molecule has 148 valence electrons. The normalized spacial score (nSPS) is 11.8. The third kappa shape index (κ3) is 3.93. The number of alkyl halides is 3. The van der Waals surface area contributed by atoms with Gasteiger partial charge in [-0.05, 0) is 61.0 Å². The van der Waals surface area contributed by atoms with Crippen LogP contribution in [0.15, 0.2) is 54.6 Å². The van der Waals surface area contributed by atoms with Gasteiger partial charge in [-0.1, -0.05) is 17.7 Å². The highest BCUT2D eigenvalue weighted by Crippen LogP contribution is 2.40. The van der Waals surface area contributed by atoms with Crippen LogP contribution >= 0.6 is 22.9 Å². The van der Waals surface area contributed by atoms with Gasteiger partial charge in [0, 0.05) is 16.1 Å². The number of halogens is 5. The number of benzene rings is 2. The molecule has 0 saturated carbocycles. The first-order chi connectivity index (χ1) is 13.7. The van der Waals surface area contributed by atoms with Gasteiger partial charge in [-0.25, -0.2) is 9.37 Å². The minimum atomic E-state index is -4.52. The topological polar surface area (TPSA) is 28.7 Å². The molecule has 0 amide bonds. The number of nitrogens with one attached hydrogen (secondary N) is 1. The summed E-state index contributed by atoms with van der Waals surface area (Å²) in [6.45, 7) is 1.86. The monoisotopic (exact) mass is 436 g/mol. The van der Waals surface area contributed by atoms with Gasteiger partial charge in [0.05, 0.1) is 21.2 Å². The highest BCUT2D eigenvalue weighted by molar-refractivity contribution is 7.18. The van der Waals surface area contributed by atoms with Gasteiger partial charge in [-0.2, -0.15) is 13.2 Å². The number of aromatic amines is 1. The zero-order valence-corrected chi connectivity index (χ0v) is 16.5. The van der Waals surface area contributed by atoms with Gasteiger partial charge in [0.15, 0.2) is 0 Å². The summed E-state index contributed by atoms with van der Waals surface area (Å²) in [5, 5.41) is -0.330. The van der Waals surface area contributed by atoms with Crippen LogP contribution in [0.2, 0.25) is 5.02 Å². The zero-order valence-electron chi connectivity index (χ0n) is 14.9. The molecule has 0 fully saturated rings. The Bertz CT molecular complexity index is 1180. The van der Waals surface area contributed by atoms with Crippen molar-refractivity contribution in [3.05, 3.63) is 76.7 Å². The molecule has 0 spiro atoms. The van der Waals surface area contributed by atoms with Crippen LogP contribution < -0.4 is 0 Å². The maximum Gasteiger partial charge on any atom is 0.417 e. The first-order valence-corrected chi connectivity index (χ1v) is 9.71. The minimum absolute atomic E-state index is 0.328. The molecule has 2 aromatic carbocycles. The molecule has 29 heavy (non-hydrogen) atoms. The second-order valence-electron chi connectivity index (χ2n) is 6.42. The maximum atomic E-state index is 13.2. The Hall–Kier alpha value is -2.64. The van der Waals surface area contributed by atoms with E-state index in [4.69, 9.17) is 11.6 Å². The number of hydrogen-bond acceptors (Lipinski definition) is 2. The molecular weight excluding hydrogens is 424 g/mol. The average molecular weight is 437 g/mol. The lowest BCUT2D eigenvalue weighted by molar-refractivity contribution is -0.137. The molecule has 4 rings (SSSR count). The summed E-state index contributed by atoms with van der Waals surface area (Å²) >= 11 is 7.02. The second kappa shape index (κ2) is 7.31. The predicted molar refractivity (Wildman–Crippen MR) is 107 cm³/mol. The summed E-state index contributed by atoms with van der Waals surface area (Å²) < 4.78 is 52.5. The van der Waals surface area contributed by atoms with Crippen LogP contribution in [0.3, 0.4) is 0 Å². The molecule has 0 radical (unpaired) electrons. The molecular formula is C21H13ClF4N2S. The molecule has 0 aliphatic heterocycles. The Labute approximate surface area is 172 Å². The van der Waals surface area contributed by atoms with Crippen LogP contribution in [0, 0.1) is 12.7 Å². The van der Waals surface area contributed by atoms with Crippen LogP contribution in [-0.4, -0.2) is 9.97 Å². The lowest BCUT2D eigenvalue weighted by atomic mass is 10.1. The van der Waals surface area contributed by atoms with Crippen LogP contribution in [-0.2, 0) is 6.18 Å². The van der Waals surface area contributed by atoms with E-state index in [-0.39, 0.29) is 10.8 Å². The van der Waals surface area contributed by atoms with Crippen LogP contribution in [0.4, 0.5) is 17.6 Å². The highest BCUT2D eigenvalue weighted by atomic mass is 35.5. The number of aryl methyl sites for hydroxylation is 1. The van der Waals surface area contributed by atoms with Crippen molar-refractivity contribution in [2.75, 3.05) is 0 Å². The molecule has 2 nitrogen and oxygen atoms in total. The first-order valence-electron chi connectivity index (χ1n) is 8.52. The summed E-state index contributed by atoms with van der Waals surface area (Å²) in [5.41, 5.74) is 1.85. The minimum Gasteiger partial charge on any atom is -0.341 e. The van der Waals surface area contributed by atoms with Crippen molar-refractivity contribution in [2.45, 2.75) is 13.1 Å². The van der Waals surface area contributed by atoms with E-state index in [1.807, 2.05) is 6.92 Å². The van der Waals surface area contributed by atoms with E-state index < -0.39 is 11.7 Å². The number of imidazole rings is 1. The fourth-order valence-electron chi connectivity index (χ4n) is 2.98. The van der Waals surface area contributed by atoms with Crippen LogP contribution in [0.25, 0.3) is 32.4 Å². The number of nitrogens with zero attached hydrogens (tertiary/aromatic N) is 1. The summed E-state index contributed by atoms with van der Waals surface area (Å²) in [7, 11) is 0. The molecule has 1 N–H and O–H groups in total. The van der Waals surface area contributed by atoms with E-state index in [0.29, 0.717) is 22.0 Å². The van der Waals surface area contributed by atoms with Gasteiger partial charge in [0.1, 0.15) is 11.6 Å². The number of aromatic nitrogens is 2. The van der Waals surface area contributed by atoms with E-state index >= 15 is 0 Å². The quantitative estimate of drug-likeness (QED) is 0.329. The lowest BCUT2D eigenvalue weighted by Crippen LogP contribution is -2.05. The number of H-pyrrole nitrogens is 1. The van der Waals surface area contributed by atoms with E-state index in [0.717, 1.165) is 22.2 Å². The van der Waals surface area contributed by atoms with Gasteiger partial charge >= 0.3 is 6.18 Å². The van der Waals surface area contributed by atoms with E-state index in [1.165, 1.54) is 29.5 Å². The summed E-state index contributed by atoms with van der Waals surface area (Å²) in [6.07, 6.45) is -4.52. The van der Waals surface area contributed by atoms with Crippen molar-refractivity contribution in [1.29, 1.82) is 0 Å². The van der Waals surface area contributed by atoms with Gasteiger partial charge in [0.25, 0.3) is 0 Å². The average Bonchev–Trinajstić information content (AvgIpc) is 3.29. The Morgan fingerprint density at radius 3 is 2.28 bits per heavy atom. The molecule has 0 aliphatic carbocycles. The van der Waals surface area contributed by atoms with E-state index in [9.17, 15) is 17.6 Å². The standard InChI is InChI=1S/C21H13ClF4N2S/c1-11-19(12-2-5-14(23)6-3-12)28-20(27-11)18-9-8-17(29-18)13-4-7-16(22)15(10-13)21(24,25)26/h2-10H,1H3,(H,27,28). The molecule has 8 heteroatoms. The third-order valence-electron chi connectivity index (χ3n) is 4.40. The first kappa shape index (κ1) is 19.7. The molecule has 0 atom stereocenters. The number of hydrogen-bond donors (Lipinski definition) is 1. The zero-order chi connectivity index (χ0) is 20.8. The predicted octanol–water partition coefficient (Wildman–Crippen LogP) is 7.59. The summed E-state index contributed by atoms with van der Waals surface area (Å²) in [6, 6.07) is 13.4. The van der Waals surface area contributed by atoms with Crippen molar-refractivity contribution < 1.29 is 17.6 Å². The third-order valence-corrected chi connectivity index (χ3v) is 5.87. The summed E-state index contributed by atoms with van der Waals surface area (Å²) in [4.78, 5) is 9.22. The van der Waals surface area contributed by atoms with Crippen molar-refractivity contribution in [3.8, 4) is 32.4 Å². The van der Waals surface area contributed by atoms with Crippen LogP contribution in [0.1, 0.15) is 11.3 Å². The Morgan fingerprint density at radius 2 is 1.59 bits per heavy atom. The molecule has 4 aromatic rings. The van der Waals surface area contributed by atoms with Crippen molar-refractivity contribution in [2.24, 2.45) is 0 Å². The lowest BCUT2D eigenvalue weighted by Gasteiger charge is -2.10. The smallest absolute Gasteiger partial charge is 0.341 e. The fraction of sp³-hybridized carbons (Fsp3) is 0.0952. The molecule has 0 bridgehead atoms. The molecule has 0 aliphatic rings. The Morgan fingerprint density at radius 1 is 0.931 bits per heavy atom. The highest BCUT2D eigenvalue weighted by Gasteiger charge is 2.33. The second-order valence-corrected chi connectivity index (χ2v) is 7.91. The van der Waals surface area contributed by atoms with E-state index in [1.54, 1.807) is 30.3 Å². The van der Waals surface area contributed by atoms with E-state index in [2.05, 4.69) is 9.97 Å². The Balaban J connectivity index is 1.69. The molecule has 2 aromatic heterocycles. The van der Waals surface area contributed by atoms with Crippen molar-refractivity contribution in [1.82, 2.24) is 9.97 Å². The van der Waals surface area contributed by atoms with Gasteiger partial charge in [-0.15, -0.1) is 11.3 Å².